The van der Waals surface area contributed by atoms with Gasteiger partial charge in [0, 0.05) is 35.3 Å². The molecule has 0 bridgehead atoms. The summed E-state index contributed by atoms with van der Waals surface area (Å²) in [6.45, 7) is 0.266. The molecule has 0 spiro atoms. The number of aromatic nitrogens is 1. The smallest absolute Gasteiger partial charge is 0.255 e. The van der Waals surface area contributed by atoms with Crippen molar-refractivity contribution in [3.05, 3.63) is 95.6 Å². The first-order valence-corrected chi connectivity index (χ1v) is 9.86. The van der Waals surface area contributed by atoms with Crippen LogP contribution in [0, 0.1) is 0 Å². The van der Waals surface area contributed by atoms with E-state index < -0.39 is 0 Å². The molecule has 1 atom stereocenters. The monoisotopic (exact) mass is 399 g/mol. The Balaban J connectivity index is 1.50. The van der Waals surface area contributed by atoms with Crippen LogP contribution in [0.15, 0.2) is 77.5 Å². The van der Waals surface area contributed by atoms with Gasteiger partial charge in [0.25, 0.3) is 5.91 Å². The Morgan fingerprint density at radius 3 is 2.67 bits per heavy atom. The van der Waals surface area contributed by atoms with Crippen LogP contribution in [0.1, 0.15) is 33.3 Å². The average molecular weight is 399 g/mol. The minimum absolute atomic E-state index is 0.0257. The molecule has 6 heteroatoms. The van der Waals surface area contributed by atoms with E-state index in [4.69, 9.17) is 4.42 Å². The third kappa shape index (κ3) is 2.97. The number of carbonyl (C=O) groups excluding carboxylic acids is 2. The van der Waals surface area contributed by atoms with Crippen molar-refractivity contribution in [2.45, 2.75) is 12.6 Å². The summed E-state index contributed by atoms with van der Waals surface area (Å²) in [5.74, 6) is 0.319. The van der Waals surface area contributed by atoms with Crippen molar-refractivity contribution in [2.75, 3.05) is 6.54 Å². The summed E-state index contributed by atoms with van der Waals surface area (Å²) >= 11 is 0. The lowest BCUT2D eigenvalue weighted by molar-refractivity contribution is -0.122. The van der Waals surface area contributed by atoms with Gasteiger partial charge in [-0.1, -0.05) is 36.4 Å². The molecule has 5 rings (SSSR count). The van der Waals surface area contributed by atoms with E-state index >= 15 is 0 Å². The SMILES string of the molecule is Cn1cc([C@@H]2c3ccccc3C(=O)N2CC(=O)NCc2ccco2)c2ccccc21. The van der Waals surface area contributed by atoms with E-state index in [0.29, 0.717) is 17.9 Å². The fourth-order valence-corrected chi connectivity index (χ4v) is 4.27. The van der Waals surface area contributed by atoms with Gasteiger partial charge < -0.3 is 19.2 Å². The topological polar surface area (TPSA) is 67.5 Å². The number of rotatable bonds is 5. The van der Waals surface area contributed by atoms with Crippen molar-refractivity contribution in [3.63, 3.8) is 0 Å². The number of hydrogen-bond acceptors (Lipinski definition) is 3. The summed E-state index contributed by atoms with van der Waals surface area (Å²) < 4.78 is 7.33. The van der Waals surface area contributed by atoms with Gasteiger partial charge in [-0.2, -0.15) is 0 Å². The molecule has 0 aliphatic carbocycles. The van der Waals surface area contributed by atoms with Gasteiger partial charge in [0.15, 0.2) is 0 Å². The molecule has 1 aliphatic heterocycles. The zero-order valence-corrected chi connectivity index (χ0v) is 16.5. The number of amides is 2. The van der Waals surface area contributed by atoms with Crippen molar-refractivity contribution in [1.82, 2.24) is 14.8 Å². The van der Waals surface area contributed by atoms with Crippen LogP contribution < -0.4 is 5.32 Å². The maximum atomic E-state index is 13.2. The number of nitrogens with zero attached hydrogens (tertiary/aromatic N) is 2. The van der Waals surface area contributed by atoms with Gasteiger partial charge in [-0.25, -0.2) is 0 Å². The van der Waals surface area contributed by atoms with E-state index in [1.54, 1.807) is 23.3 Å². The van der Waals surface area contributed by atoms with Crippen molar-refractivity contribution in [3.8, 4) is 0 Å². The lowest BCUT2D eigenvalue weighted by Crippen LogP contribution is -2.39. The zero-order valence-electron chi connectivity index (χ0n) is 16.5. The summed E-state index contributed by atoms with van der Waals surface area (Å²) in [4.78, 5) is 27.6. The van der Waals surface area contributed by atoms with Crippen LogP contribution in [-0.4, -0.2) is 27.8 Å². The highest BCUT2D eigenvalue weighted by atomic mass is 16.3. The van der Waals surface area contributed by atoms with Crippen LogP contribution in [-0.2, 0) is 18.4 Å². The number of furan rings is 1. The average Bonchev–Trinajstić information content (AvgIpc) is 3.46. The molecule has 0 saturated carbocycles. The Morgan fingerprint density at radius 2 is 1.83 bits per heavy atom. The molecule has 2 aromatic carbocycles. The van der Waals surface area contributed by atoms with Gasteiger partial charge in [0.1, 0.15) is 12.3 Å². The van der Waals surface area contributed by atoms with Gasteiger partial charge in [-0.3, -0.25) is 9.59 Å². The van der Waals surface area contributed by atoms with Crippen LogP contribution in [0.2, 0.25) is 0 Å². The second kappa shape index (κ2) is 7.22. The van der Waals surface area contributed by atoms with Crippen molar-refractivity contribution in [1.29, 1.82) is 0 Å². The highest BCUT2D eigenvalue weighted by Gasteiger charge is 2.39. The molecule has 150 valence electrons. The van der Waals surface area contributed by atoms with E-state index in [2.05, 4.69) is 28.2 Å². The number of benzene rings is 2. The van der Waals surface area contributed by atoms with E-state index in [1.165, 1.54) is 0 Å². The van der Waals surface area contributed by atoms with Crippen molar-refractivity contribution in [2.24, 2.45) is 7.05 Å². The molecule has 0 radical (unpaired) electrons. The number of nitrogens with one attached hydrogen (secondary N) is 1. The van der Waals surface area contributed by atoms with Crippen LogP contribution in [0.25, 0.3) is 10.9 Å². The van der Waals surface area contributed by atoms with Crippen molar-refractivity contribution >= 4 is 22.7 Å². The van der Waals surface area contributed by atoms with E-state index in [9.17, 15) is 9.59 Å². The van der Waals surface area contributed by atoms with Gasteiger partial charge in [-0.15, -0.1) is 0 Å². The molecule has 2 aromatic heterocycles. The maximum absolute atomic E-state index is 13.2. The van der Waals surface area contributed by atoms with Crippen LogP contribution in [0.3, 0.4) is 0 Å². The predicted molar refractivity (Wildman–Crippen MR) is 113 cm³/mol. The third-order valence-electron chi connectivity index (χ3n) is 5.63. The van der Waals surface area contributed by atoms with Gasteiger partial charge in [-0.05, 0) is 29.8 Å². The summed E-state index contributed by atoms with van der Waals surface area (Å²) in [5, 5.41) is 3.92. The molecule has 1 aliphatic rings. The predicted octanol–water partition coefficient (Wildman–Crippen LogP) is 3.63. The molecule has 0 unspecified atom stereocenters. The van der Waals surface area contributed by atoms with Crippen LogP contribution >= 0.6 is 0 Å². The normalized spacial score (nSPS) is 15.6. The molecule has 4 aromatic rings. The lowest BCUT2D eigenvalue weighted by Gasteiger charge is -2.25. The van der Waals surface area contributed by atoms with Gasteiger partial charge >= 0.3 is 0 Å². The minimum Gasteiger partial charge on any atom is -0.467 e. The largest absolute Gasteiger partial charge is 0.467 e. The molecule has 2 amide bonds. The first kappa shape index (κ1) is 18.2. The summed E-state index contributed by atoms with van der Waals surface area (Å²) in [6.07, 6.45) is 3.62. The zero-order chi connectivity index (χ0) is 20.7. The fraction of sp³-hybridized carbons (Fsp3) is 0.167. The second-order valence-electron chi connectivity index (χ2n) is 7.49. The molecule has 0 saturated heterocycles. The number of hydrogen-bond donors (Lipinski definition) is 1. The number of aryl methyl sites for hydroxylation is 1. The summed E-state index contributed by atoms with van der Waals surface area (Å²) in [5.41, 5.74) is 3.68. The second-order valence-corrected chi connectivity index (χ2v) is 7.49. The first-order valence-electron chi connectivity index (χ1n) is 9.86. The molecule has 1 N–H and O–H groups in total. The molecule has 0 fully saturated rings. The standard InChI is InChI=1S/C24H21N3O3/c1-26-14-20(17-8-4-5-11-21(17)26)23-18-9-2-3-10-19(18)24(29)27(23)15-22(28)25-13-16-7-6-12-30-16/h2-12,14,23H,13,15H2,1H3,(H,25,28)/t23-/m0/s1. The minimum atomic E-state index is -0.311. The first-order chi connectivity index (χ1) is 14.6. The van der Waals surface area contributed by atoms with E-state index in [0.717, 1.165) is 22.0 Å². The molecule has 30 heavy (non-hydrogen) atoms. The third-order valence-corrected chi connectivity index (χ3v) is 5.63. The lowest BCUT2D eigenvalue weighted by atomic mass is 9.97. The van der Waals surface area contributed by atoms with E-state index in [-0.39, 0.29) is 24.4 Å². The van der Waals surface area contributed by atoms with E-state index in [1.807, 2.05) is 43.4 Å². The number of para-hydroxylation sites is 1. The van der Waals surface area contributed by atoms with Crippen molar-refractivity contribution < 1.29 is 14.0 Å². The molecule has 6 nitrogen and oxygen atoms in total. The summed E-state index contributed by atoms with van der Waals surface area (Å²) in [7, 11) is 1.99. The van der Waals surface area contributed by atoms with Crippen LogP contribution in [0.4, 0.5) is 0 Å². The Bertz CT molecular complexity index is 1240. The number of fused-ring (bicyclic) bond motifs is 2. The van der Waals surface area contributed by atoms with Crippen LogP contribution in [0.5, 0.6) is 0 Å². The Labute approximate surface area is 173 Å². The Kier molecular flexibility index (Phi) is 4.39. The summed E-state index contributed by atoms with van der Waals surface area (Å²) in [6, 6.07) is 19.0. The van der Waals surface area contributed by atoms with Gasteiger partial charge in [0.2, 0.25) is 5.91 Å². The molecule has 3 heterocycles. The Morgan fingerprint density at radius 1 is 1.03 bits per heavy atom. The highest BCUT2D eigenvalue weighted by molar-refractivity contribution is 6.02. The molecular weight excluding hydrogens is 378 g/mol. The quantitative estimate of drug-likeness (QED) is 0.557. The van der Waals surface area contributed by atoms with Gasteiger partial charge in [0.05, 0.1) is 18.8 Å². The fourth-order valence-electron chi connectivity index (χ4n) is 4.27. The maximum Gasteiger partial charge on any atom is 0.255 e. The highest BCUT2D eigenvalue weighted by Crippen LogP contribution is 2.41. The number of carbonyl (C=O) groups is 2. The Hall–Kier alpha value is -3.80. The molecular formula is C24H21N3O3.